The number of hydrogen-bond donors (Lipinski definition) is 0. The van der Waals surface area contributed by atoms with Crippen molar-refractivity contribution in [3.63, 3.8) is 0 Å². The van der Waals surface area contributed by atoms with Crippen LogP contribution in [0.2, 0.25) is 5.15 Å². The van der Waals surface area contributed by atoms with E-state index < -0.39 is 5.97 Å². The molecular weight excluding hydrogens is 370 g/mol. The van der Waals surface area contributed by atoms with Gasteiger partial charge in [-0.05, 0) is 25.5 Å². The second-order valence-electron chi connectivity index (χ2n) is 5.73. The topological polar surface area (TPSA) is 57.0 Å². The fraction of sp³-hybridized carbons (Fsp3) is 0.211. The van der Waals surface area contributed by atoms with Gasteiger partial charge in [0.25, 0.3) is 0 Å². The van der Waals surface area contributed by atoms with Gasteiger partial charge in [-0.3, -0.25) is 0 Å². The third kappa shape index (κ3) is 4.59. The number of ether oxygens (including phenoxy) is 1. The SMILES string of the molecule is Cc1nc(COC(=O)/C=C/c2c(C)nn(Cc3ccccc3)c2Cl)cs1. The Balaban J connectivity index is 1.65. The molecule has 0 bridgehead atoms. The summed E-state index contributed by atoms with van der Waals surface area (Å²) in [5, 5.41) is 7.76. The summed E-state index contributed by atoms with van der Waals surface area (Å²) in [7, 11) is 0. The van der Waals surface area contributed by atoms with Crippen LogP contribution in [0.3, 0.4) is 0 Å². The van der Waals surface area contributed by atoms with Crippen molar-refractivity contribution in [3.8, 4) is 0 Å². The van der Waals surface area contributed by atoms with Gasteiger partial charge in [-0.15, -0.1) is 11.3 Å². The van der Waals surface area contributed by atoms with Crippen molar-refractivity contribution in [3.05, 3.63) is 74.5 Å². The van der Waals surface area contributed by atoms with E-state index >= 15 is 0 Å². The van der Waals surface area contributed by atoms with Crippen LogP contribution in [0.5, 0.6) is 0 Å². The first kappa shape index (κ1) is 18.4. The number of carbonyl (C=O) groups excluding carboxylic acids is 1. The Kier molecular flexibility index (Phi) is 5.85. The molecule has 0 aliphatic carbocycles. The Bertz CT molecular complexity index is 932. The summed E-state index contributed by atoms with van der Waals surface area (Å²) in [6.07, 6.45) is 3.00. The van der Waals surface area contributed by atoms with Gasteiger partial charge in [0.15, 0.2) is 0 Å². The van der Waals surface area contributed by atoms with Crippen LogP contribution in [0.1, 0.15) is 27.5 Å². The highest BCUT2D eigenvalue weighted by atomic mass is 35.5. The summed E-state index contributed by atoms with van der Waals surface area (Å²) >= 11 is 7.95. The quantitative estimate of drug-likeness (QED) is 0.464. The molecule has 0 amide bonds. The summed E-state index contributed by atoms with van der Waals surface area (Å²) in [5.41, 5.74) is 3.32. The lowest BCUT2D eigenvalue weighted by Gasteiger charge is -2.03. The zero-order chi connectivity index (χ0) is 18.5. The van der Waals surface area contributed by atoms with Crippen molar-refractivity contribution < 1.29 is 9.53 Å². The zero-order valence-corrected chi connectivity index (χ0v) is 16.0. The van der Waals surface area contributed by atoms with Crippen molar-refractivity contribution in [1.82, 2.24) is 14.8 Å². The highest BCUT2D eigenvalue weighted by Gasteiger charge is 2.12. The van der Waals surface area contributed by atoms with Gasteiger partial charge >= 0.3 is 5.97 Å². The molecule has 0 radical (unpaired) electrons. The fourth-order valence-electron chi connectivity index (χ4n) is 2.44. The molecule has 1 aromatic carbocycles. The van der Waals surface area contributed by atoms with Crippen LogP contribution in [-0.2, 0) is 22.7 Å². The van der Waals surface area contributed by atoms with Gasteiger partial charge in [0.05, 0.1) is 22.9 Å². The normalized spacial score (nSPS) is 11.2. The molecule has 0 saturated carbocycles. The number of esters is 1. The predicted octanol–water partition coefficient (Wildman–Crippen LogP) is 4.41. The summed E-state index contributed by atoms with van der Waals surface area (Å²) in [6.45, 7) is 4.50. The maximum Gasteiger partial charge on any atom is 0.331 e. The largest absolute Gasteiger partial charge is 0.456 e. The maximum absolute atomic E-state index is 11.9. The maximum atomic E-state index is 11.9. The number of thiazole rings is 1. The van der Waals surface area contributed by atoms with Crippen LogP contribution in [0.4, 0.5) is 0 Å². The predicted molar refractivity (Wildman–Crippen MR) is 103 cm³/mol. The molecule has 7 heteroatoms. The third-order valence-corrected chi connectivity index (χ3v) is 4.92. The molecule has 2 heterocycles. The minimum absolute atomic E-state index is 0.160. The highest BCUT2D eigenvalue weighted by Crippen LogP contribution is 2.22. The Hall–Kier alpha value is -2.44. The fourth-order valence-corrected chi connectivity index (χ4v) is 3.33. The number of aromatic nitrogens is 3. The van der Waals surface area contributed by atoms with Crippen LogP contribution in [0.15, 0.2) is 41.8 Å². The number of benzene rings is 1. The lowest BCUT2D eigenvalue weighted by molar-refractivity contribution is -0.139. The molecule has 5 nitrogen and oxygen atoms in total. The summed E-state index contributed by atoms with van der Waals surface area (Å²) in [6, 6.07) is 9.94. The number of nitrogens with zero attached hydrogens (tertiary/aromatic N) is 3. The van der Waals surface area contributed by atoms with E-state index in [0.29, 0.717) is 17.3 Å². The standard InChI is InChI=1S/C19H18ClN3O2S/c1-13-17(8-9-18(24)25-11-16-12-26-14(2)21-16)19(20)23(22-13)10-15-6-4-3-5-7-15/h3-9,12H,10-11H2,1-2H3/b9-8+. The second kappa shape index (κ2) is 8.29. The first-order chi connectivity index (χ1) is 12.5. The molecule has 0 fully saturated rings. The first-order valence-corrected chi connectivity index (χ1v) is 9.31. The minimum Gasteiger partial charge on any atom is -0.456 e. The number of halogens is 1. The van der Waals surface area contributed by atoms with Crippen molar-refractivity contribution in [2.75, 3.05) is 0 Å². The van der Waals surface area contributed by atoms with E-state index in [4.69, 9.17) is 16.3 Å². The van der Waals surface area contributed by atoms with Gasteiger partial charge in [-0.2, -0.15) is 5.10 Å². The van der Waals surface area contributed by atoms with E-state index in [1.165, 1.54) is 17.4 Å². The van der Waals surface area contributed by atoms with Crippen molar-refractivity contribution >= 4 is 35.0 Å². The average molecular weight is 388 g/mol. The molecule has 3 aromatic rings. The van der Waals surface area contributed by atoms with Crippen molar-refractivity contribution in [2.24, 2.45) is 0 Å². The molecule has 2 aromatic heterocycles. The second-order valence-corrected chi connectivity index (χ2v) is 7.15. The van der Waals surface area contributed by atoms with E-state index in [0.717, 1.165) is 22.0 Å². The van der Waals surface area contributed by atoms with Crippen LogP contribution in [-0.4, -0.2) is 20.7 Å². The van der Waals surface area contributed by atoms with E-state index in [1.54, 1.807) is 10.8 Å². The number of aryl methyl sites for hydroxylation is 2. The van der Waals surface area contributed by atoms with Gasteiger partial charge in [-0.25, -0.2) is 14.5 Å². The number of rotatable bonds is 6. The van der Waals surface area contributed by atoms with Gasteiger partial charge in [0.2, 0.25) is 0 Å². The monoisotopic (exact) mass is 387 g/mol. The zero-order valence-electron chi connectivity index (χ0n) is 14.5. The van der Waals surface area contributed by atoms with Gasteiger partial charge in [-0.1, -0.05) is 41.9 Å². The molecule has 134 valence electrons. The van der Waals surface area contributed by atoms with E-state index in [1.807, 2.05) is 49.6 Å². The molecule has 0 aliphatic rings. The molecule has 0 N–H and O–H groups in total. The van der Waals surface area contributed by atoms with Crippen LogP contribution in [0, 0.1) is 13.8 Å². The Morgan fingerprint density at radius 2 is 2.08 bits per heavy atom. The number of carbonyl (C=O) groups is 1. The van der Waals surface area contributed by atoms with Gasteiger partial charge < -0.3 is 4.74 Å². The molecule has 0 atom stereocenters. The van der Waals surface area contributed by atoms with Gasteiger partial charge in [0, 0.05) is 17.0 Å². The molecule has 0 aliphatic heterocycles. The smallest absolute Gasteiger partial charge is 0.331 e. The molecular formula is C19H18ClN3O2S. The third-order valence-electron chi connectivity index (χ3n) is 3.70. The average Bonchev–Trinajstić information content (AvgIpc) is 3.16. The van der Waals surface area contributed by atoms with Crippen molar-refractivity contribution in [2.45, 2.75) is 27.0 Å². The van der Waals surface area contributed by atoms with Gasteiger partial charge in [0.1, 0.15) is 11.8 Å². The minimum atomic E-state index is -0.443. The van der Waals surface area contributed by atoms with Crippen LogP contribution >= 0.6 is 22.9 Å². The van der Waals surface area contributed by atoms with E-state index in [9.17, 15) is 4.79 Å². The lowest BCUT2D eigenvalue weighted by atomic mass is 10.2. The first-order valence-electron chi connectivity index (χ1n) is 8.05. The molecule has 0 spiro atoms. The van der Waals surface area contributed by atoms with E-state index in [-0.39, 0.29) is 6.61 Å². The van der Waals surface area contributed by atoms with Crippen LogP contribution < -0.4 is 0 Å². The number of hydrogen-bond acceptors (Lipinski definition) is 5. The Morgan fingerprint density at radius 3 is 2.77 bits per heavy atom. The van der Waals surface area contributed by atoms with Crippen LogP contribution in [0.25, 0.3) is 6.08 Å². The highest BCUT2D eigenvalue weighted by molar-refractivity contribution is 7.09. The molecule has 0 saturated heterocycles. The molecule has 0 unspecified atom stereocenters. The van der Waals surface area contributed by atoms with Crippen molar-refractivity contribution in [1.29, 1.82) is 0 Å². The Morgan fingerprint density at radius 1 is 1.31 bits per heavy atom. The molecule has 26 heavy (non-hydrogen) atoms. The lowest BCUT2D eigenvalue weighted by Crippen LogP contribution is -2.02. The summed E-state index contributed by atoms with van der Waals surface area (Å²) in [5.74, 6) is -0.443. The summed E-state index contributed by atoms with van der Waals surface area (Å²) in [4.78, 5) is 16.2. The Labute approximate surface area is 160 Å². The van der Waals surface area contributed by atoms with E-state index in [2.05, 4.69) is 10.1 Å². The summed E-state index contributed by atoms with van der Waals surface area (Å²) < 4.78 is 6.91. The molecule has 3 rings (SSSR count).